The summed E-state index contributed by atoms with van der Waals surface area (Å²) in [5.74, 6) is 5.62. The first-order valence-electron chi connectivity index (χ1n) is 6.67. The van der Waals surface area contributed by atoms with Crippen LogP contribution in [0, 0.1) is 0 Å². The molecule has 1 saturated heterocycles. The summed E-state index contributed by atoms with van der Waals surface area (Å²) in [5, 5.41) is 8.77. The van der Waals surface area contributed by atoms with Crippen molar-refractivity contribution in [2.24, 2.45) is 11.6 Å². The van der Waals surface area contributed by atoms with Crippen molar-refractivity contribution in [3.8, 4) is 11.1 Å². The first-order chi connectivity index (χ1) is 10.5. The van der Waals surface area contributed by atoms with Gasteiger partial charge in [-0.25, -0.2) is 5.43 Å². The van der Waals surface area contributed by atoms with Crippen molar-refractivity contribution in [3.05, 3.63) is 52.5 Å². The minimum Gasteiger partial charge on any atom is -0.356 e. The maximum atomic E-state index is 6.38. The standard InChI is InChI=1S/C14H16Cl2N6/c15-11-4-2-1-3-9(11)10-6-5-8(7-12(10)16)19-14-20-13(17)22(18)21-14/h1-7,13-14,19-21H,17-18H2. The summed E-state index contributed by atoms with van der Waals surface area (Å²) < 4.78 is 0. The van der Waals surface area contributed by atoms with Crippen LogP contribution in [0.1, 0.15) is 0 Å². The lowest BCUT2D eigenvalue weighted by molar-refractivity contribution is 0.184. The molecule has 0 radical (unpaired) electrons. The van der Waals surface area contributed by atoms with Gasteiger partial charge in [-0.1, -0.05) is 47.5 Å². The average molecular weight is 339 g/mol. The van der Waals surface area contributed by atoms with Crippen LogP contribution in [0.25, 0.3) is 11.1 Å². The number of hydrogen-bond acceptors (Lipinski definition) is 6. The zero-order valence-electron chi connectivity index (χ0n) is 11.6. The molecule has 1 heterocycles. The minimum atomic E-state index is -0.463. The van der Waals surface area contributed by atoms with Gasteiger partial charge in [0, 0.05) is 21.8 Å². The fourth-order valence-electron chi connectivity index (χ4n) is 2.26. The largest absolute Gasteiger partial charge is 0.356 e. The number of anilines is 1. The Morgan fingerprint density at radius 2 is 1.77 bits per heavy atom. The van der Waals surface area contributed by atoms with E-state index in [2.05, 4.69) is 16.1 Å². The van der Waals surface area contributed by atoms with Crippen LogP contribution in [-0.2, 0) is 0 Å². The highest BCUT2D eigenvalue weighted by molar-refractivity contribution is 6.36. The molecule has 22 heavy (non-hydrogen) atoms. The monoisotopic (exact) mass is 338 g/mol. The summed E-state index contributed by atoms with van der Waals surface area (Å²) in [6.07, 6.45) is -0.738. The average Bonchev–Trinajstić information content (AvgIpc) is 2.78. The third-order valence-electron chi connectivity index (χ3n) is 3.36. The van der Waals surface area contributed by atoms with E-state index in [9.17, 15) is 0 Å². The van der Waals surface area contributed by atoms with E-state index in [0.717, 1.165) is 16.8 Å². The third-order valence-corrected chi connectivity index (χ3v) is 4.00. The molecule has 1 aliphatic rings. The molecule has 1 fully saturated rings. The fraction of sp³-hybridized carbons (Fsp3) is 0.143. The lowest BCUT2D eigenvalue weighted by Crippen LogP contribution is -2.50. The van der Waals surface area contributed by atoms with Crippen LogP contribution in [0.15, 0.2) is 42.5 Å². The van der Waals surface area contributed by atoms with Crippen molar-refractivity contribution in [1.82, 2.24) is 15.9 Å². The first-order valence-corrected chi connectivity index (χ1v) is 7.43. The lowest BCUT2D eigenvalue weighted by Gasteiger charge is -2.16. The molecule has 0 spiro atoms. The third kappa shape index (κ3) is 3.18. The molecule has 3 rings (SSSR count). The summed E-state index contributed by atoms with van der Waals surface area (Å²) >= 11 is 12.6. The van der Waals surface area contributed by atoms with Gasteiger partial charge in [0.25, 0.3) is 0 Å². The summed E-state index contributed by atoms with van der Waals surface area (Å²) in [4.78, 5) is 0. The van der Waals surface area contributed by atoms with Crippen molar-refractivity contribution in [2.45, 2.75) is 12.6 Å². The van der Waals surface area contributed by atoms with Gasteiger partial charge < -0.3 is 11.1 Å². The van der Waals surface area contributed by atoms with E-state index in [1.165, 1.54) is 5.12 Å². The molecule has 6 nitrogen and oxygen atoms in total. The Kier molecular flexibility index (Phi) is 4.51. The normalized spacial score (nSPS) is 22.0. The first kappa shape index (κ1) is 15.5. The highest BCUT2D eigenvalue weighted by Gasteiger charge is 2.25. The second-order valence-electron chi connectivity index (χ2n) is 4.90. The predicted molar refractivity (Wildman–Crippen MR) is 89.6 cm³/mol. The molecule has 0 aromatic heterocycles. The molecular weight excluding hydrogens is 323 g/mol. The van der Waals surface area contributed by atoms with Gasteiger partial charge in [-0.3, -0.25) is 11.2 Å². The summed E-state index contributed by atoms with van der Waals surface area (Å²) in [6.45, 7) is 0. The van der Waals surface area contributed by atoms with E-state index < -0.39 is 6.29 Å². The van der Waals surface area contributed by atoms with E-state index in [1.54, 1.807) is 0 Å². The molecule has 0 aliphatic carbocycles. The van der Waals surface area contributed by atoms with Crippen molar-refractivity contribution in [1.29, 1.82) is 0 Å². The van der Waals surface area contributed by atoms with Crippen molar-refractivity contribution < 1.29 is 0 Å². The fourth-order valence-corrected chi connectivity index (χ4v) is 2.78. The number of hydrazine groups is 2. The van der Waals surface area contributed by atoms with Crippen molar-refractivity contribution in [3.63, 3.8) is 0 Å². The number of benzene rings is 2. The molecule has 116 valence electrons. The van der Waals surface area contributed by atoms with E-state index in [0.29, 0.717) is 10.0 Å². The lowest BCUT2D eigenvalue weighted by atomic mass is 10.1. The Labute approximate surface area is 138 Å². The summed E-state index contributed by atoms with van der Waals surface area (Å²) in [7, 11) is 0. The predicted octanol–water partition coefficient (Wildman–Crippen LogP) is 1.88. The molecule has 2 unspecified atom stereocenters. The SMILES string of the molecule is NC1NC(Nc2ccc(-c3ccccc3Cl)c(Cl)c2)NN1N. The molecule has 2 aromatic rings. The second-order valence-corrected chi connectivity index (χ2v) is 5.71. The van der Waals surface area contributed by atoms with Gasteiger partial charge in [-0.2, -0.15) is 0 Å². The molecule has 8 heteroatoms. The molecule has 0 amide bonds. The van der Waals surface area contributed by atoms with Gasteiger partial charge in [0.1, 0.15) is 12.6 Å². The molecule has 1 aliphatic heterocycles. The smallest absolute Gasteiger partial charge is 0.148 e. The van der Waals surface area contributed by atoms with Crippen molar-refractivity contribution >= 4 is 28.9 Å². The zero-order chi connectivity index (χ0) is 15.7. The van der Waals surface area contributed by atoms with Gasteiger partial charge in [-0.05, 0) is 18.2 Å². The number of nitrogens with two attached hydrogens (primary N) is 2. The highest BCUT2D eigenvalue weighted by Crippen LogP contribution is 2.34. The van der Waals surface area contributed by atoms with Crippen LogP contribution >= 0.6 is 23.2 Å². The molecule has 2 atom stereocenters. The maximum Gasteiger partial charge on any atom is 0.148 e. The van der Waals surface area contributed by atoms with Crippen LogP contribution in [0.3, 0.4) is 0 Å². The van der Waals surface area contributed by atoms with Gasteiger partial charge in [0.15, 0.2) is 0 Å². The highest BCUT2D eigenvalue weighted by atomic mass is 35.5. The molecule has 2 aromatic carbocycles. The van der Waals surface area contributed by atoms with Crippen LogP contribution in [-0.4, -0.2) is 17.7 Å². The van der Waals surface area contributed by atoms with Crippen LogP contribution in [0.5, 0.6) is 0 Å². The van der Waals surface area contributed by atoms with Gasteiger partial charge >= 0.3 is 0 Å². The summed E-state index contributed by atoms with van der Waals surface area (Å²) in [6, 6.07) is 13.2. The Bertz CT molecular complexity index is 670. The topological polar surface area (TPSA) is 91.4 Å². The summed E-state index contributed by atoms with van der Waals surface area (Å²) in [5.41, 5.74) is 11.2. The number of nitrogens with one attached hydrogen (secondary N) is 3. The van der Waals surface area contributed by atoms with Gasteiger partial charge in [0.2, 0.25) is 0 Å². The molecule has 0 bridgehead atoms. The van der Waals surface area contributed by atoms with Crippen LogP contribution in [0.2, 0.25) is 10.0 Å². The number of rotatable bonds is 3. The Hall–Kier alpha value is -1.38. The number of nitrogens with zero attached hydrogens (tertiary/aromatic N) is 1. The quantitative estimate of drug-likeness (QED) is 0.549. The Morgan fingerprint density at radius 1 is 1.05 bits per heavy atom. The second kappa shape index (κ2) is 6.39. The Morgan fingerprint density at radius 3 is 2.41 bits per heavy atom. The minimum absolute atomic E-state index is 0.276. The van der Waals surface area contributed by atoms with Crippen molar-refractivity contribution in [2.75, 3.05) is 5.32 Å². The van der Waals surface area contributed by atoms with E-state index >= 15 is 0 Å². The number of hydrogen-bond donors (Lipinski definition) is 5. The number of halogens is 2. The van der Waals surface area contributed by atoms with E-state index in [4.69, 9.17) is 34.8 Å². The molecular formula is C14H16Cl2N6. The molecule has 7 N–H and O–H groups in total. The Balaban J connectivity index is 1.80. The molecule has 0 saturated carbocycles. The van der Waals surface area contributed by atoms with Gasteiger partial charge in [-0.15, -0.1) is 5.12 Å². The maximum absolute atomic E-state index is 6.38. The zero-order valence-corrected chi connectivity index (χ0v) is 13.1. The van der Waals surface area contributed by atoms with Crippen LogP contribution < -0.4 is 27.6 Å². The van der Waals surface area contributed by atoms with Crippen LogP contribution in [0.4, 0.5) is 5.69 Å². The van der Waals surface area contributed by atoms with Gasteiger partial charge in [0.05, 0.1) is 5.02 Å². The van der Waals surface area contributed by atoms with E-state index in [1.807, 2.05) is 42.5 Å². The van der Waals surface area contributed by atoms with E-state index in [-0.39, 0.29) is 6.29 Å².